The first-order chi connectivity index (χ1) is 11.7. The number of ether oxygens (including phenoxy) is 1. The molecule has 2 N–H and O–H groups in total. The van der Waals surface area contributed by atoms with Crippen molar-refractivity contribution in [1.29, 1.82) is 0 Å². The summed E-state index contributed by atoms with van der Waals surface area (Å²) >= 11 is 0. The van der Waals surface area contributed by atoms with Crippen LogP contribution in [0.1, 0.15) is 0 Å². The average Bonchev–Trinajstić information content (AvgIpc) is 2.62. The lowest BCUT2D eigenvalue weighted by molar-refractivity contribution is 0.122. The van der Waals surface area contributed by atoms with Crippen LogP contribution in [-0.2, 0) is 4.74 Å². The van der Waals surface area contributed by atoms with Crippen LogP contribution in [0.5, 0.6) is 0 Å². The summed E-state index contributed by atoms with van der Waals surface area (Å²) in [7, 11) is 0. The second-order valence-electron chi connectivity index (χ2n) is 5.47. The fourth-order valence-electron chi connectivity index (χ4n) is 2.77. The molecule has 1 aliphatic heterocycles. The van der Waals surface area contributed by atoms with E-state index in [1.54, 1.807) is 0 Å². The van der Waals surface area contributed by atoms with Gasteiger partial charge in [0.05, 0.1) is 18.9 Å². The summed E-state index contributed by atoms with van der Waals surface area (Å²) in [5, 5.41) is 0.276. The third kappa shape index (κ3) is 2.56. The van der Waals surface area contributed by atoms with Crippen LogP contribution in [0.15, 0.2) is 39.9 Å². The van der Waals surface area contributed by atoms with E-state index in [9.17, 15) is 9.59 Å². The SMILES string of the molecule is O=c1[nH]c(=O)c2c(-c3ccccc3)nc(N3CCOCC3)nc2[nH]1. The van der Waals surface area contributed by atoms with Gasteiger partial charge in [-0.1, -0.05) is 30.3 Å². The Morgan fingerprint density at radius 2 is 1.75 bits per heavy atom. The molecule has 1 saturated heterocycles. The highest BCUT2D eigenvalue weighted by Crippen LogP contribution is 2.24. The Bertz CT molecular complexity index is 990. The third-order valence-electron chi connectivity index (χ3n) is 3.92. The maximum absolute atomic E-state index is 12.3. The fraction of sp³-hybridized carbons (Fsp3) is 0.250. The van der Waals surface area contributed by atoms with Crippen LogP contribution in [0.4, 0.5) is 5.95 Å². The smallest absolute Gasteiger partial charge is 0.327 e. The first-order valence-corrected chi connectivity index (χ1v) is 7.65. The molecule has 122 valence electrons. The number of nitrogens with zero attached hydrogens (tertiary/aromatic N) is 3. The molecule has 0 aliphatic carbocycles. The van der Waals surface area contributed by atoms with E-state index in [4.69, 9.17) is 4.74 Å². The number of fused-ring (bicyclic) bond motifs is 1. The van der Waals surface area contributed by atoms with Crippen molar-refractivity contribution >= 4 is 17.0 Å². The lowest BCUT2D eigenvalue weighted by atomic mass is 10.1. The molecule has 0 unspecified atom stereocenters. The van der Waals surface area contributed by atoms with Crippen molar-refractivity contribution in [1.82, 2.24) is 19.9 Å². The lowest BCUT2D eigenvalue weighted by Crippen LogP contribution is -2.37. The van der Waals surface area contributed by atoms with Crippen molar-refractivity contribution in [2.24, 2.45) is 0 Å². The zero-order chi connectivity index (χ0) is 16.5. The minimum absolute atomic E-state index is 0.235. The van der Waals surface area contributed by atoms with Gasteiger partial charge >= 0.3 is 5.69 Å². The Hall–Kier alpha value is -3.00. The molecular formula is C16H15N5O3. The predicted molar refractivity (Wildman–Crippen MR) is 89.2 cm³/mol. The number of hydrogen-bond donors (Lipinski definition) is 2. The minimum atomic E-state index is -0.585. The number of nitrogens with one attached hydrogen (secondary N) is 2. The van der Waals surface area contributed by atoms with E-state index in [2.05, 4.69) is 19.9 Å². The topological polar surface area (TPSA) is 104 Å². The molecule has 1 aromatic carbocycles. The van der Waals surface area contributed by atoms with Crippen LogP contribution < -0.4 is 16.1 Å². The van der Waals surface area contributed by atoms with E-state index in [1.165, 1.54) is 0 Å². The molecule has 1 aliphatic rings. The number of aromatic nitrogens is 4. The Balaban J connectivity index is 2.00. The summed E-state index contributed by atoms with van der Waals surface area (Å²) in [6.07, 6.45) is 0. The third-order valence-corrected chi connectivity index (χ3v) is 3.92. The molecule has 8 heteroatoms. The summed E-state index contributed by atoms with van der Waals surface area (Å²) in [5.41, 5.74) is 0.440. The molecule has 8 nitrogen and oxygen atoms in total. The van der Waals surface area contributed by atoms with Gasteiger partial charge in [-0.2, -0.15) is 4.98 Å². The Kier molecular flexibility index (Phi) is 3.58. The highest BCUT2D eigenvalue weighted by Gasteiger charge is 2.19. The Morgan fingerprint density at radius 3 is 2.50 bits per heavy atom. The zero-order valence-corrected chi connectivity index (χ0v) is 12.8. The van der Waals surface area contributed by atoms with Gasteiger partial charge in [-0.25, -0.2) is 9.78 Å². The number of rotatable bonds is 2. The standard InChI is InChI=1S/C16H15N5O3/c22-14-11-12(10-4-2-1-3-5-10)17-15(21-6-8-24-9-7-21)18-13(11)19-16(23)20-14/h1-5H,6-9H2,(H2,17,18,19,20,22,23). The summed E-state index contributed by atoms with van der Waals surface area (Å²) in [6.45, 7) is 2.50. The van der Waals surface area contributed by atoms with Crippen molar-refractivity contribution in [3.05, 3.63) is 51.2 Å². The van der Waals surface area contributed by atoms with Crippen LogP contribution in [0, 0.1) is 0 Å². The van der Waals surface area contributed by atoms with Crippen molar-refractivity contribution in [3.63, 3.8) is 0 Å². The molecule has 3 aromatic rings. The molecule has 0 bridgehead atoms. The van der Waals surface area contributed by atoms with E-state index in [-0.39, 0.29) is 11.0 Å². The van der Waals surface area contributed by atoms with Gasteiger partial charge in [0.25, 0.3) is 5.56 Å². The van der Waals surface area contributed by atoms with E-state index < -0.39 is 11.2 Å². The van der Waals surface area contributed by atoms with Gasteiger partial charge < -0.3 is 9.64 Å². The molecule has 2 aromatic heterocycles. The number of morpholine rings is 1. The number of aromatic amines is 2. The second-order valence-corrected chi connectivity index (χ2v) is 5.47. The first-order valence-electron chi connectivity index (χ1n) is 7.65. The molecular weight excluding hydrogens is 310 g/mol. The van der Waals surface area contributed by atoms with Crippen LogP contribution in [0.2, 0.25) is 0 Å². The van der Waals surface area contributed by atoms with Crippen molar-refractivity contribution in [3.8, 4) is 11.3 Å². The zero-order valence-electron chi connectivity index (χ0n) is 12.8. The summed E-state index contributed by atoms with van der Waals surface area (Å²) in [5.74, 6) is 0.478. The maximum atomic E-state index is 12.3. The van der Waals surface area contributed by atoms with Gasteiger partial charge in [-0.15, -0.1) is 0 Å². The molecule has 1 fully saturated rings. The molecule has 24 heavy (non-hydrogen) atoms. The van der Waals surface area contributed by atoms with Gasteiger partial charge in [0.2, 0.25) is 5.95 Å². The predicted octanol–water partition coefficient (Wildman–Crippen LogP) is 0.510. The number of benzene rings is 1. The van der Waals surface area contributed by atoms with Crippen LogP contribution in [-0.4, -0.2) is 46.2 Å². The number of anilines is 1. The summed E-state index contributed by atoms with van der Waals surface area (Å²) < 4.78 is 5.35. The Morgan fingerprint density at radius 1 is 1.00 bits per heavy atom. The molecule has 0 radical (unpaired) electrons. The highest BCUT2D eigenvalue weighted by atomic mass is 16.5. The van der Waals surface area contributed by atoms with Crippen molar-refractivity contribution < 1.29 is 4.74 Å². The average molecular weight is 325 g/mol. The van der Waals surface area contributed by atoms with E-state index in [1.807, 2.05) is 35.2 Å². The Labute approximate surface area is 136 Å². The number of H-pyrrole nitrogens is 2. The van der Waals surface area contributed by atoms with Crippen molar-refractivity contribution in [2.75, 3.05) is 31.2 Å². The van der Waals surface area contributed by atoms with E-state index in [0.717, 1.165) is 5.56 Å². The van der Waals surface area contributed by atoms with Gasteiger partial charge in [0.1, 0.15) is 5.39 Å². The van der Waals surface area contributed by atoms with Crippen LogP contribution >= 0.6 is 0 Å². The highest BCUT2D eigenvalue weighted by molar-refractivity contribution is 5.90. The number of hydrogen-bond acceptors (Lipinski definition) is 6. The second kappa shape index (κ2) is 5.89. The van der Waals surface area contributed by atoms with Crippen LogP contribution in [0.25, 0.3) is 22.3 Å². The lowest BCUT2D eigenvalue weighted by Gasteiger charge is -2.27. The summed E-state index contributed by atoms with van der Waals surface area (Å²) in [4.78, 5) is 39.7. The summed E-state index contributed by atoms with van der Waals surface area (Å²) in [6, 6.07) is 9.38. The maximum Gasteiger partial charge on any atom is 0.327 e. The van der Waals surface area contributed by atoms with E-state index in [0.29, 0.717) is 37.9 Å². The molecule has 3 heterocycles. The minimum Gasteiger partial charge on any atom is -0.378 e. The molecule has 0 spiro atoms. The fourth-order valence-corrected chi connectivity index (χ4v) is 2.77. The molecule has 0 amide bonds. The van der Waals surface area contributed by atoms with Gasteiger partial charge in [-0.3, -0.25) is 14.8 Å². The van der Waals surface area contributed by atoms with Gasteiger partial charge in [0, 0.05) is 18.7 Å². The van der Waals surface area contributed by atoms with Crippen molar-refractivity contribution in [2.45, 2.75) is 0 Å². The molecule has 0 saturated carbocycles. The normalized spacial score (nSPS) is 14.9. The first kappa shape index (κ1) is 14.6. The molecule has 4 rings (SSSR count). The molecule has 0 atom stereocenters. The van der Waals surface area contributed by atoms with Gasteiger partial charge in [-0.05, 0) is 0 Å². The largest absolute Gasteiger partial charge is 0.378 e. The van der Waals surface area contributed by atoms with Gasteiger partial charge in [0.15, 0.2) is 5.65 Å². The van der Waals surface area contributed by atoms with E-state index >= 15 is 0 Å². The quantitative estimate of drug-likeness (QED) is 0.711. The van der Waals surface area contributed by atoms with Crippen LogP contribution in [0.3, 0.4) is 0 Å². The monoisotopic (exact) mass is 325 g/mol.